The molecule has 2 N–H and O–H groups in total. The van der Waals surface area contributed by atoms with E-state index in [0.717, 1.165) is 38.4 Å². The molecule has 0 fully saturated rings. The van der Waals surface area contributed by atoms with Crippen molar-refractivity contribution in [2.75, 3.05) is 52.7 Å². The Bertz CT molecular complexity index is 533. The van der Waals surface area contributed by atoms with Crippen LogP contribution in [-0.2, 0) is 28.6 Å². The van der Waals surface area contributed by atoms with Crippen LogP contribution in [0.2, 0.25) is 0 Å². The van der Waals surface area contributed by atoms with E-state index in [1.54, 1.807) is 0 Å². The second kappa shape index (κ2) is 31.7. The lowest BCUT2D eigenvalue weighted by atomic mass is 10.0. The van der Waals surface area contributed by atoms with Gasteiger partial charge in [-0.15, -0.1) is 0 Å². The second-order valence-corrected chi connectivity index (χ2v) is 9.94. The van der Waals surface area contributed by atoms with Crippen LogP contribution in [-0.4, -0.2) is 70.8 Å². The molecule has 0 aliphatic carbocycles. The van der Waals surface area contributed by atoms with Gasteiger partial charge >= 0.3 is 0 Å². The van der Waals surface area contributed by atoms with Gasteiger partial charge in [0.2, 0.25) is 11.8 Å². The van der Waals surface area contributed by atoms with E-state index < -0.39 is 0 Å². The lowest BCUT2D eigenvalue weighted by molar-refractivity contribution is -0.122. The van der Waals surface area contributed by atoms with Gasteiger partial charge in [-0.3, -0.25) is 9.59 Å². The molecule has 0 aliphatic rings. The SMILES string of the molecule is CCCC(=O)NCCOCCOCCOCCNC(=O)CCCCCCCCCCCCCCCCC=O. The molecule has 0 unspecified atom stereocenters. The summed E-state index contributed by atoms with van der Waals surface area (Å²) < 4.78 is 16.3. The van der Waals surface area contributed by atoms with Gasteiger partial charge in [-0.25, -0.2) is 0 Å². The van der Waals surface area contributed by atoms with E-state index >= 15 is 0 Å². The molecule has 0 rings (SSSR count). The Balaban J connectivity index is 3.18. The van der Waals surface area contributed by atoms with E-state index in [9.17, 15) is 14.4 Å². The summed E-state index contributed by atoms with van der Waals surface area (Å²) in [7, 11) is 0. The highest BCUT2D eigenvalue weighted by molar-refractivity contribution is 5.76. The topological polar surface area (TPSA) is 103 Å². The molecule has 0 aliphatic heterocycles. The van der Waals surface area contributed by atoms with Crippen LogP contribution in [0.1, 0.15) is 122 Å². The minimum atomic E-state index is 0.0652. The Morgan fingerprint density at radius 1 is 0.526 bits per heavy atom. The number of unbranched alkanes of at least 4 members (excludes halogenated alkanes) is 14. The van der Waals surface area contributed by atoms with Gasteiger partial charge in [0.1, 0.15) is 6.29 Å². The van der Waals surface area contributed by atoms with Crippen molar-refractivity contribution in [2.45, 2.75) is 122 Å². The third kappa shape index (κ3) is 30.7. The number of nitrogens with one attached hydrogen (secondary N) is 2. The zero-order valence-electron chi connectivity index (χ0n) is 24.4. The normalized spacial score (nSPS) is 11.0. The minimum absolute atomic E-state index is 0.0652. The molecule has 8 nitrogen and oxygen atoms in total. The van der Waals surface area contributed by atoms with Gasteiger partial charge in [0.15, 0.2) is 0 Å². The van der Waals surface area contributed by atoms with Crippen molar-refractivity contribution in [3.05, 3.63) is 0 Å². The first-order valence-electron chi connectivity index (χ1n) is 15.4. The fourth-order valence-electron chi connectivity index (χ4n) is 4.11. The van der Waals surface area contributed by atoms with Gasteiger partial charge in [0.05, 0.1) is 39.6 Å². The number of hydrogen-bond donors (Lipinski definition) is 2. The number of hydrogen-bond acceptors (Lipinski definition) is 6. The molecule has 0 aromatic heterocycles. The number of aldehydes is 1. The highest BCUT2D eigenvalue weighted by Gasteiger charge is 2.01. The highest BCUT2D eigenvalue weighted by Crippen LogP contribution is 2.13. The first-order chi connectivity index (χ1) is 18.7. The van der Waals surface area contributed by atoms with E-state index in [-0.39, 0.29) is 11.8 Å². The molecule has 0 heterocycles. The van der Waals surface area contributed by atoms with Crippen molar-refractivity contribution >= 4 is 18.1 Å². The summed E-state index contributed by atoms with van der Waals surface area (Å²) in [5, 5.41) is 5.71. The standard InChI is InChI=1S/C30H58N2O6/c1-2-18-29(34)31-20-23-36-25-27-38-28-26-37-24-21-32-30(35)19-16-14-12-10-8-6-4-3-5-7-9-11-13-15-17-22-33/h22H,2-21,23-28H2,1H3,(H,31,34)(H,32,35). The summed E-state index contributed by atoms with van der Waals surface area (Å²) in [6.45, 7) is 5.99. The van der Waals surface area contributed by atoms with Gasteiger partial charge in [0, 0.05) is 32.4 Å². The van der Waals surface area contributed by atoms with Crippen LogP contribution in [0.4, 0.5) is 0 Å². The van der Waals surface area contributed by atoms with E-state index in [0.29, 0.717) is 65.6 Å². The average Bonchev–Trinajstić information content (AvgIpc) is 2.91. The van der Waals surface area contributed by atoms with Gasteiger partial charge < -0.3 is 29.6 Å². The minimum Gasteiger partial charge on any atom is -0.377 e. The molecule has 0 aromatic carbocycles. The van der Waals surface area contributed by atoms with Crippen LogP contribution in [0.15, 0.2) is 0 Å². The summed E-state index contributed by atoms with van der Waals surface area (Å²) >= 11 is 0. The number of rotatable bonds is 31. The van der Waals surface area contributed by atoms with Gasteiger partial charge in [-0.1, -0.05) is 84.0 Å². The smallest absolute Gasteiger partial charge is 0.220 e. The van der Waals surface area contributed by atoms with Crippen molar-refractivity contribution in [1.29, 1.82) is 0 Å². The number of carbonyl (C=O) groups is 3. The van der Waals surface area contributed by atoms with Gasteiger partial charge in [0.25, 0.3) is 0 Å². The zero-order valence-corrected chi connectivity index (χ0v) is 24.4. The van der Waals surface area contributed by atoms with Crippen molar-refractivity contribution in [3.8, 4) is 0 Å². The van der Waals surface area contributed by atoms with Crippen LogP contribution in [0.25, 0.3) is 0 Å². The molecule has 0 aromatic rings. The van der Waals surface area contributed by atoms with Crippen molar-refractivity contribution in [1.82, 2.24) is 10.6 Å². The lowest BCUT2D eigenvalue weighted by Gasteiger charge is -2.08. The van der Waals surface area contributed by atoms with Crippen LogP contribution in [0.5, 0.6) is 0 Å². The first kappa shape index (κ1) is 36.5. The van der Waals surface area contributed by atoms with Gasteiger partial charge in [-0.05, 0) is 19.3 Å². The van der Waals surface area contributed by atoms with Crippen LogP contribution in [0.3, 0.4) is 0 Å². The third-order valence-electron chi connectivity index (χ3n) is 6.33. The van der Waals surface area contributed by atoms with E-state index in [1.807, 2.05) is 6.92 Å². The van der Waals surface area contributed by atoms with E-state index in [2.05, 4.69) is 10.6 Å². The zero-order chi connectivity index (χ0) is 27.8. The summed E-state index contributed by atoms with van der Waals surface area (Å²) in [4.78, 5) is 33.4. The second-order valence-electron chi connectivity index (χ2n) is 9.94. The molecule has 38 heavy (non-hydrogen) atoms. The first-order valence-corrected chi connectivity index (χ1v) is 15.4. The molecule has 0 atom stereocenters. The number of amides is 2. The molecule has 2 amide bonds. The summed E-state index contributed by atoms with van der Waals surface area (Å²) in [5.74, 6) is 0.173. The van der Waals surface area contributed by atoms with Crippen molar-refractivity contribution < 1.29 is 28.6 Å². The van der Waals surface area contributed by atoms with E-state index in [1.165, 1.54) is 70.6 Å². The lowest BCUT2D eigenvalue weighted by Crippen LogP contribution is -2.27. The molecular weight excluding hydrogens is 484 g/mol. The largest absolute Gasteiger partial charge is 0.377 e. The molecule has 0 saturated carbocycles. The molecular formula is C30H58N2O6. The maximum atomic E-state index is 11.9. The molecule has 224 valence electrons. The summed E-state index contributed by atoms with van der Waals surface area (Å²) in [6, 6.07) is 0. The predicted molar refractivity (Wildman–Crippen MR) is 153 cm³/mol. The number of carbonyl (C=O) groups excluding carboxylic acids is 3. The third-order valence-corrected chi connectivity index (χ3v) is 6.33. The maximum absolute atomic E-state index is 11.9. The predicted octanol–water partition coefficient (Wildman–Crippen LogP) is 5.51. The number of ether oxygens (including phenoxy) is 3. The fraction of sp³-hybridized carbons (Fsp3) is 0.900. The Hall–Kier alpha value is -1.51. The Morgan fingerprint density at radius 3 is 1.32 bits per heavy atom. The van der Waals surface area contributed by atoms with Crippen LogP contribution >= 0.6 is 0 Å². The van der Waals surface area contributed by atoms with Crippen molar-refractivity contribution in [2.24, 2.45) is 0 Å². The molecule has 8 heteroatoms. The Kier molecular flexibility index (Phi) is 30.4. The fourth-order valence-corrected chi connectivity index (χ4v) is 4.11. The van der Waals surface area contributed by atoms with Gasteiger partial charge in [-0.2, -0.15) is 0 Å². The monoisotopic (exact) mass is 542 g/mol. The van der Waals surface area contributed by atoms with Crippen LogP contribution in [0, 0.1) is 0 Å². The van der Waals surface area contributed by atoms with Crippen molar-refractivity contribution in [3.63, 3.8) is 0 Å². The highest BCUT2D eigenvalue weighted by atomic mass is 16.5. The Morgan fingerprint density at radius 2 is 0.895 bits per heavy atom. The van der Waals surface area contributed by atoms with E-state index in [4.69, 9.17) is 14.2 Å². The molecule has 0 radical (unpaired) electrons. The molecule has 0 saturated heterocycles. The maximum Gasteiger partial charge on any atom is 0.220 e. The average molecular weight is 543 g/mol. The molecule has 0 bridgehead atoms. The van der Waals surface area contributed by atoms with Crippen LogP contribution < -0.4 is 10.6 Å². The Labute approximate surface area is 232 Å². The molecule has 0 spiro atoms. The quantitative estimate of drug-likeness (QED) is 0.0885. The summed E-state index contributed by atoms with van der Waals surface area (Å²) in [6.07, 6.45) is 21.2. The summed E-state index contributed by atoms with van der Waals surface area (Å²) in [5.41, 5.74) is 0.